The molecule has 0 aliphatic heterocycles. The molecule has 0 spiro atoms. The molecule has 0 atom stereocenters. The molecule has 9 nitrogen and oxygen atoms in total. The quantitative estimate of drug-likeness (QED) is 0.627. The Hall–Kier alpha value is -3.36. The Morgan fingerprint density at radius 2 is 1.96 bits per heavy atom. The van der Waals surface area contributed by atoms with Gasteiger partial charge in [0.15, 0.2) is 0 Å². The highest BCUT2D eigenvalue weighted by Crippen LogP contribution is 2.23. The van der Waals surface area contributed by atoms with Crippen LogP contribution in [0.3, 0.4) is 0 Å². The summed E-state index contributed by atoms with van der Waals surface area (Å²) in [6.45, 7) is 1.22. The van der Waals surface area contributed by atoms with Gasteiger partial charge in [0.05, 0.1) is 5.56 Å². The van der Waals surface area contributed by atoms with Gasteiger partial charge in [-0.15, -0.1) is 0 Å². The third kappa shape index (κ3) is 4.14. The number of aromatic nitrogens is 2. The van der Waals surface area contributed by atoms with Crippen molar-refractivity contribution in [1.82, 2.24) is 14.5 Å². The van der Waals surface area contributed by atoms with Gasteiger partial charge in [-0.3, -0.25) is 19.7 Å². The predicted octanol–water partition coefficient (Wildman–Crippen LogP) is 0.882. The maximum atomic E-state index is 12.6. The number of esters is 1. The van der Waals surface area contributed by atoms with Gasteiger partial charge in [-0.05, 0) is 18.2 Å². The van der Waals surface area contributed by atoms with E-state index in [1.165, 1.54) is 40.8 Å². The number of nitrogens with one attached hydrogen (secondary N) is 1. The van der Waals surface area contributed by atoms with E-state index in [4.69, 9.17) is 10.5 Å². The van der Waals surface area contributed by atoms with Crippen molar-refractivity contribution in [2.24, 2.45) is 7.05 Å². The molecule has 2 rings (SSSR count). The summed E-state index contributed by atoms with van der Waals surface area (Å²) in [6, 6.07) is 4.25. The topological polar surface area (TPSA) is 120 Å². The molecule has 0 fully saturated rings. The van der Waals surface area contributed by atoms with E-state index in [0.717, 1.165) is 0 Å². The molecular weight excluding hydrogens is 326 g/mol. The van der Waals surface area contributed by atoms with Gasteiger partial charge in [0.1, 0.15) is 11.6 Å². The normalized spacial score (nSPS) is 10.2. The molecule has 0 saturated carbocycles. The molecule has 132 valence electrons. The van der Waals surface area contributed by atoms with Gasteiger partial charge in [0, 0.05) is 39.8 Å². The van der Waals surface area contributed by atoms with Gasteiger partial charge in [-0.1, -0.05) is 0 Å². The van der Waals surface area contributed by atoms with Gasteiger partial charge >= 0.3 is 5.97 Å². The zero-order valence-electron chi connectivity index (χ0n) is 14.4. The largest absolute Gasteiger partial charge is 0.426 e. The van der Waals surface area contributed by atoms with Crippen LogP contribution >= 0.6 is 0 Å². The van der Waals surface area contributed by atoms with Gasteiger partial charge in [0.2, 0.25) is 5.95 Å². The third-order valence-corrected chi connectivity index (χ3v) is 3.25. The van der Waals surface area contributed by atoms with Gasteiger partial charge in [-0.25, -0.2) is 0 Å². The SMILES string of the molecule is CC(=O)Oc1ccc(C(=O)N(C)C)cc1C(=O)Nc1nc(N)cn1C. The standard InChI is InChI=1S/C16H19N5O4/c1-9(22)25-12-6-5-10(15(24)20(2)3)7-11(12)14(23)19-16-18-13(17)8-21(16)4/h5-8H,17H2,1-4H3,(H,18,19,23). The molecule has 0 aliphatic rings. The fourth-order valence-electron chi connectivity index (χ4n) is 2.12. The fraction of sp³-hybridized carbons (Fsp3) is 0.250. The summed E-state index contributed by atoms with van der Waals surface area (Å²) in [5.41, 5.74) is 5.90. The molecule has 0 unspecified atom stereocenters. The highest BCUT2D eigenvalue weighted by atomic mass is 16.5. The van der Waals surface area contributed by atoms with E-state index < -0.39 is 11.9 Å². The Kier molecular flexibility index (Phi) is 5.06. The number of ether oxygens (including phenoxy) is 1. The molecular formula is C16H19N5O4. The van der Waals surface area contributed by atoms with Crippen LogP contribution in [0.15, 0.2) is 24.4 Å². The van der Waals surface area contributed by atoms with Crippen LogP contribution in [0.4, 0.5) is 11.8 Å². The number of amides is 2. The Bertz CT molecular complexity index is 841. The first kappa shape index (κ1) is 18.0. The molecule has 1 aromatic heterocycles. The fourth-order valence-corrected chi connectivity index (χ4v) is 2.12. The summed E-state index contributed by atoms with van der Waals surface area (Å²) in [5.74, 6) is -0.942. The van der Waals surface area contributed by atoms with E-state index in [1.807, 2.05) is 0 Å². The third-order valence-electron chi connectivity index (χ3n) is 3.25. The van der Waals surface area contributed by atoms with Crippen molar-refractivity contribution in [3.63, 3.8) is 0 Å². The second kappa shape index (κ2) is 7.04. The molecule has 2 aromatic rings. The smallest absolute Gasteiger partial charge is 0.308 e. The molecule has 3 N–H and O–H groups in total. The molecule has 0 radical (unpaired) electrons. The first-order valence-corrected chi connectivity index (χ1v) is 7.33. The van der Waals surface area contributed by atoms with Crippen LogP contribution < -0.4 is 15.8 Å². The number of hydrogen-bond donors (Lipinski definition) is 2. The number of imidazole rings is 1. The summed E-state index contributed by atoms with van der Waals surface area (Å²) in [6.07, 6.45) is 1.54. The number of carbonyl (C=O) groups is 3. The highest BCUT2D eigenvalue weighted by Gasteiger charge is 2.19. The summed E-state index contributed by atoms with van der Waals surface area (Å²) in [4.78, 5) is 41.3. The Labute approximate surface area is 144 Å². The van der Waals surface area contributed by atoms with E-state index in [2.05, 4.69) is 10.3 Å². The lowest BCUT2D eigenvalue weighted by atomic mass is 10.1. The van der Waals surface area contributed by atoms with Crippen molar-refractivity contribution in [2.75, 3.05) is 25.1 Å². The van der Waals surface area contributed by atoms with Crippen molar-refractivity contribution in [3.8, 4) is 5.75 Å². The molecule has 9 heteroatoms. The Balaban J connectivity index is 2.41. The number of aryl methyl sites for hydroxylation is 1. The monoisotopic (exact) mass is 345 g/mol. The second-order valence-electron chi connectivity index (χ2n) is 5.56. The lowest BCUT2D eigenvalue weighted by Gasteiger charge is -2.14. The average Bonchev–Trinajstić information content (AvgIpc) is 2.83. The first-order chi connectivity index (χ1) is 11.7. The highest BCUT2D eigenvalue weighted by molar-refractivity contribution is 6.07. The van der Waals surface area contributed by atoms with Gasteiger partial charge in [0.25, 0.3) is 11.8 Å². The van der Waals surface area contributed by atoms with E-state index in [0.29, 0.717) is 0 Å². The van der Waals surface area contributed by atoms with Crippen molar-refractivity contribution in [3.05, 3.63) is 35.5 Å². The summed E-state index contributed by atoms with van der Waals surface area (Å²) in [7, 11) is 4.86. The van der Waals surface area contributed by atoms with Crippen molar-refractivity contribution in [2.45, 2.75) is 6.92 Å². The molecule has 1 aromatic carbocycles. The minimum atomic E-state index is -0.585. The number of rotatable bonds is 4. The lowest BCUT2D eigenvalue weighted by Crippen LogP contribution is -2.23. The van der Waals surface area contributed by atoms with Crippen LogP contribution in [0.1, 0.15) is 27.6 Å². The minimum Gasteiger partial charge on any atom is -0.426 e. The van der Waals surface area contributed by atoms with E-state index >= 15 is 0 Å². The Morgan fingerprint density at radius 1 is 1.28 bits per heavy atom. The maximum Gasteiger partial charge on any atom is 0.308 e. The van der Waals surface area contributed by atoms with E-state index in [1.54, 1.807) is 21.1 Å². The van der Waals surface area contributed by atoms with Crippen molar-refractivity contribution in [1.29, 1.82) is 0 Å². The number of anilines is 2. The van der Waals surface area contributed by atoms with Crippen molar-refractivity contribution >= 4 is 29.5 Å². The van der Waals surface area contributed by atoms with Gasteiger partial charge in [-0.2, -0.15) is 4.98 Å². The van der Waals surface area contributed by atoms with Crippen LogP contribution in [0, 0.1) is 0 Å². The minimum absolute atomic E-state index is 0.0319. The van der Waals surface area contributed by atoms with Crippen LogP contribution in [-0.4, -0.2) is 46.3 Å². The molecule has 2 amide bonds. The molecule has 0 aliphatic carbocycles. The summed E-state index contributed by atoms with van der Waals surface area (Å²) < 4.78 is 6.59. The first-order valence-electron chi connectivity index (χ1n) is 7.33. The average molecular weight is 345 g/mol. The number of nitrogens with two attached hydrogens (primary N) is 1. The maximum absolute atomic E-state index is 12.6. The number of hydrogen-bond acceptors (Lipinski definition) is 6. The number of benzene rings is 1. The molecule has 25 heavy (non-hydrogen) atoms. The summed E-state index contributed by atoms with van der Waals surface area (Å²) in [5, 5.41) is 2.57. The molecule has 1 heterocycles. The van der Waals surface area contributed by atoms with Crippen molar-refractivity contribution < 1.29 is 19.1 Å². The Morgan fingerprint density at radius 3 is 2.48 bits per heavy atom. The summed E-state index contributed by atoms with van der Waals surface area (Å²) >= 11 is 0. The number of nitrogen functional groups attached to an aromatic ring is 1. The second-order valence-corrected chi connectivity index (χ2v) is 5.56. The van der Waals surface area contributed by atoms with Crippen LogP contribution in [0.2, 0.25) is 0 Å². The van der Waals surface area contributed by atoms with Crippen LogP contribution in [0.5, 0.6) is 5.75 Å². The van der Waals surface area contributed by atoms with Gasteiger partial charge < -0.3 is 19.9 Å². The van der Waals surface area contributed by atoms with Crippen LogP contribution in [0.25, 0.3) is 0 Å². The molecule has 0 saturated heterocycles. The van der Waals surface area contributed by atoms with E-state index in [9.17, 15) is 14.4 Å². The van der Waals surface area contributed by atoms with Crippen LogP contribution in [-0.2, 0) is 11.8 Å². The zero-order valence-corrected chi connectivity index (χ0v) is 14.4. The zero-order chi connectivity index (χ0) is 18.7. The lowest BCUT2D eigenvalue weighted by molar-refractivity contribution is -0.131. The predicted molar refractivity (Wildman–Crippen MR) is 91.3 cm³/mol. The number of nitrogens with zero attached hydrogens (tertiary/aromatic N) is 3. The van der Waals surface area contributed by atoms with E-state index in [-0.39, 0.29) is 34.5 Å². The number of carbonyl (C=O) groups excluding carboxylic acids is 3. The molecule has 0 bridgehead atoms.